The maximum absolute atomic E-state index is 13.3. The number of carbonyl (C=O) groups is 2. The average molecular weight is 486 g/mol. The van der Waals surface area contributed by atoms with E-state index in [0.717, 1.165) is 16.7 Å². The number of benzene rings is 2. The summed E-state index contributed by atoms with van der Waals surface area (Å²) in [7, 11) is 0. The number of thiazole rings is 1. The van der Waals surface area contributed by atoms with Crippen molar-refractivity contribution in [1.82, 2.24) is 9.97 Å². The van der Waals surface area contributed by atoms with Crippen LogP contribution in [0.3, 0.4) is 0 Å². The summed E-state index contributed by atoms with van der Waals surface area (Å²) in [5, 5.41) is 11.6. The lowest BCUT2D eigenvalue weighted by Gasteiger charge is -2.21. The summed E-state index contributed by atoms with van der Waals surface area (Å²) >= 11 is 1.28. The van der Waals surface area contributed by atoms with Crippen LogP contribution in [0.4, 0.5) is 5.13 Å². The normalized spacial score (nSPS) is 17.3. The smallest absolute Gasteiger partial charge is 0.301 e. The zero-order valence-corrected chi connectivity index (χ0v) is 20.1. The number of hydrogen-bond acceptors (Lipinski definition) is 7. The Kier molecular flexibility index (Phi) is 6.05. The number of pyridine rings is 1. The van der Waals surface area contributed by atoms with Gasteiger partial charge in [-0.2, -0.15) is 0 Å². The number of aliphatic hydroxyl groups excluding tert-OH is 1. The number of ketones is 1. The highest BCUT2D eigenvalue weighted by atomic mass is 32.1. The van der Waals surface area contributed by atoms with Crippen LogP contribution in [-0.4, -0.2) is 33.4 Å². The summed E-state index contributed by atoms with van der Waals surface area (Å²) in [6.07, 6.45) is 2.44. The van der Waals surface area contributed by atoms with E-state index in [4.69, 9.17) is 4.74 Å². The van der Waals surface area contributed by atoms with Gasteiger partial charge < -0.3 is 9.84 Å². The van der Waals surface area contributed by atoms with E-state index >= 15 is 0 Å². The fourth-order valence-electron chi connectivity index (χ4n) is 4.15. The first-order chi connectivity index (χ1) is 17.0. The Labute approximate surface area is 206 Å². The van der Waals surface area contributed by atoms with Crippen molar-refractivity contribution in [2.75, 3.05) is 11.5 Å². The third-order valence-electron chi connectivity index (χ3n) is 5.91. The minimum absolute atomic E-state index is 0.00721. The number of Topliss-reactive ketones (excluding diaryl/α,β-unsaturated/α-hetero) is 1. The molecule has 176 valence electrons. The number of aliphatic hydroxyl groups is 1. The molecule has 1 N–H and O–H groups in total. The predicted molar refractivity (Wildman–Crippen MR) is 136 cm³/mol. The quantitative estimate of drug-likeness (QED) is 0.227. The third kappa shape index (κ3) is 4.06. The van der Waals surface area contributed by atoms with Gasteiger partial charge in [-0.25, -0.2) is 4.98 Å². The molecule has 1 saturated heterocycles. The zero-order chi connectivity index (χ0) is 24.5. The average Bonchev–Trinajstić information content (AvgIpc) is 3.42. The van der Waals surface area contributed by atoms with Crippen LogP contribution < -0.4 is 9.64 Å². The number of nitrogens with zero attached hydrogens (tertiary/aromatic N) is 3. The molecule has 2 aromatic carbocycles. The van der Waals surface area contributed by atoms with E-state index < -0.39 is 17.7 Å². The first-order valence-corrected chi connectivity index (χ1v) is 12.2. The molecule has 0 bridgehead atoms. The Hall–Kier alpha value is -4.04. The first kappa shape index (κ1) is 22.7. The maximum Gasteiger partial charge on any atom is 0.301 e. The highest BCUT2D eigenvalue weighted by Crippen LogP contribution is 2.44. The Morgan fingerprint density at radius 3 is 2.57 bits per heavy atom. The molecule has 1 aliphatic heterocycles. The summed E-state index contributed by atoms with van der Waals surface area (Å²) < 4.78 is 6.41. The highest BCUT2D eigenvalue weighted by Gasteiger charge is 2.48. The van der Waals surface area contributed by atoms with E-state index in [1.807, 2.05) is 44.2 Å². The van der Waals surface area contributed by atoms with Crippen molar-refractivity contribution in [1.29, 1.82) is 0 Å². The van der Waals surface area contributed by atoms with Crippen LogP contribution in [0.25, 0.3) is 16.0 Å². The van der Waals surface area contributed by atoms with Crippen LogP contribution in [0.5, 0.6) is 5.75 Å². The fraction of sp³-hybridized carbons (Fsp3) is 0.185. The second-order valence-electron chi connectivity index (χ2n) is 8.03. The molecule has 5 rings (SSSR count). The van der Waals surface area contributed by atoms with E-state index in [9.17, 15) is 14.7 Å². The molecule has 1 amide bonds. The van der Waals surface area contributed by atoms with Gasteiger partial charge in [0.15, 0.2) is 5.13 Å². The molecule has 1 unspecified atom stereocenters. The van der Waals surface area contributed by atoms with Gasteiger partial charge in [-0.1, -0.05) is 48.6 Å². The summed E-state index contributed by atoms with van der Waals surface area (Å²) in [6, 6.07) is 17.2. The lowest BCUT2D eigenvalue weighted by Crippen LogP contribution is -2.29. The van der Waals surface area contributed by atoms with E-state index in [0.29, 0.717) is 34.3 Å². The Balaban J connectivity index is 1.66. The molecule has 2 aromatic heterocycles. The maximum atomic E-state index is 13.3. The van der Waals surface area contributed by atoms with Crippen molar-refractivity contribution in [3.63, 3.8) is 0 Å². The van der Waals surface area contributed by atoms with E-state index in [1.54, 1.807) is 36.5 Å². The SMILES string of the molecule is CCOc1ccc2nc(N3C(=O)C(=O)/C(=C(/O)c4ccc(CC)cc4)C3c3ccccn3)sc2c1. The molecule has 1 aliphatic rings. The molecule has 0 spiro atoms. The van der Waals surface area contributed by atoms with E-state index in [1.165, 1.54) is 16.2 Å². The number of rotatable bonds is 6. The van der Waals surface area contributed by atoms with Gasteiger partial charge in [-0.15, -0.1) is 0 Å². The van der Waals surface area contributed by atoms with Gasteiger partial charge in [0.25, 0.3) is 5.78 Å². The van der Waals surface area contributed by atoms with Crippen LogP contribution in [0.15, 0.2) is 72.4 Å². The Bertz CT molecular complexity index is 1440. The molecule has 1 fully saturated rings. The fourth-order valence-corrected chi connectivity index (χ4v) is 5.17. The summed E-state index contributed by atoms with van der Waals surface area (Å²) in [4.78, 5) is 37.0. The molecule has 1 atom stereocenters. The minimum atomic E-state index is -0.908. The molecule has 0 radical (unpaired) electrons. The van der Waals surface area contributed by atoms with Gasteiger partial charge in [-0.05, 0) is 49.2 Å². The standard InChI is InChI=1S/C27H23N3O4S/c1-3-16-8-10-17(11-9-16)24(31)22-23(20-7-5-6-14-28-20)30(26(33)25(22)32)27-29-19-13-12-18(34-4-2)15-21(19)35-27/h5-15,23,31H,3-4H2,1-2H3/b24-22+. The van der Waals surface area contributed by atoms with Crippen molar-refractivity contribution in [2.45, 2.75) is 26.3 Å². The molecule has 7 nitrogen and oxygen atoms in total. The number of amides is 1. The lowest BCUT2D eigenvalue weighted by atomic mass is 9.97. The number of aryl methyl sites for hydroxylation is 1. The minimum Gasteiger partial charge on any atom is -0.507 e. The number of fused-ring (bicyclic) bond motifs is 1. The van der Waals surface area contributed by atoms with Gasteiger partial charge in [-0.3, -0.25) is 19.5 Å². The number of anilines is 1. The van der Waals surface area contributed by atoms with Crippen molar-refractivity contribution >= 4 is 44.1 Å². The van der Waals surface area contributed by atoms with Crippen molar-refractivity contribution in [3.8, 4) is 5.75 Å². The molecule has 8 heteroatoms. The lowest BCUT2D eigenvalue weighted by molar-refractivity contribution is -0.132. The van der Waals surface area contributed by atoms with Crippen molar-refractivity contribution in [3.05, 3.63) is 89.3 Å². The largest absolute Gasteiger partial charge is 0.507 e. The third-order valence-corrected chi connectivity index (χ3v) is 6.93. The van der Waals surface area contributed by atoms with Gasteiger partial charge in [0.05, 0.1) is 28.1 Å². The van der Waals surface area contributed by atoms with E-state index in [2.05, 4.69) is 9.97 Å². The first-order valence-electron chi connectivity index (χ1n) is 11.4. The predicted octanol–water partition coefficient (Wildman–Crippen LogP) is 5.28. The highest BCUT2D eigenvalue weighted by molar-refractivity contribution is 7.22. The Morgan fingerprint density at radius 1 is 1.09 bits per heavy atom. The summed E-state index contributed by atoms with van der Waals surface area (Å²) in [5.74, 6) is -1.05. The molecule has 3 heterocycles. The van der Waals surface area contributed by atoms with Gasteiger partial charge in [0.2, 0.25) is 0 Å². The molecule has 4 aromatic rings. The second kappa shape index (κ2) is 9.31. The van der Waals surface area contributed by atoms with Gasteiger partial charge in [0.1, 0.15) is 17.6 Å². The molecule has 0 saturated carbocycles. The van der Waals surface area contributed by atoms with Crippen LogP contribution in [0.2, 0.25) is 0 Å². The summed E-state index contributed by atoms with van der Waals surface area (Å²) in [6.45, 7) is 4.48. The molecular weight excluding hydrogens is 462 g/mol. The topological polar surface area (TPSA) is 92.6 Å². The molecule has 0 aliphatic carbocycles. The monoisotopic (exact) mass is 485 g/mol. The molecular formula is C27H23N3O4S. The van der Waals surface area contributed by atoms with Crippen LogP contribution in [0.1, 0.15) is 36.7 Å². The number of aromatic nitrogens is 2. The van der Waals surface area contributed by atoms with Crippen molar-refractivity contribution in [2.24, 2.45) is 0 Å². The number of ether oxygens (including phenoxy) is 1. The Morgan fingerprint density at radius 2 is 1.89 bits per heavy atom. The van der Waals surface area contributed by atoms with Gasteiger partial charge in [0, 0.05) is 11.8 Å². The molecule has 35 heavy (non-hydrogen) atoms. The number of hydrogen-bond donors (Lipinski definition) is 1. The van der Waals surface area contributed by atoms with Crippen LogP contribution >= 0.6 is 11.3 Å². The zero-order valence-electron chi connectivity index (χ0n) is 19.3. The second-order valence-corrected chi connectivity index (χ2v) is 9.04. The summed E-state index contributed by atoms with van der Waals surface area (Å²) in [5.41, 5.74) is 2.71. The van der Waals surface area contributed by atoms with E-state index in [-0.39, 0.29) is 11.3 Å². The van der Waals surface area contributed by atoms with Crippen LogP contribution in [0, 0.1) is 0 Å². The van der Waals surface area contributed by atoms with Crippen molar-refractivity contribution < 1.29 is 19.4 Å². The van der Waals surface area contributed by atoms with Crippen LogP contribution in [-0.2, 0) is 16.0 Å². The number of carbonyl (C=O) groups excluding carboxylic acids is 2. The van der Waals surface area contributed by atoms with Gasteiger partial charge >= 0.3 is 5.91 Å².